The lowest BCUT2D eigenvalue weighted by molar-refractivity contribution is -0.114. The number of hydrogen-bond acceptors (Lipinski definition) is 4. The first-order chi connectivity index (χ1) is 15.5. The standard InChI is InChI=1S/C26H29N3O3/c1-3-16-32-24-11-7-10-23(17-24)29-25(30)18-27-22-14-12-21(13-15-22)26(31)28-19(2)20-8-5-4-6-9-20/h4-15,17,19,27H,3,16,18H2,1-2H3,(H,28,31)(H,29,30). The Kier molecular flexibility index (Phi) is 8.26. The predicted molar refractivity (Wildman–Crippen MR) is 128 cm³/mol. The highest BCUT2D eigenvalue weighted by Gasteiger charge is 2.11. The van der Waals surface area contributed by atoms with Crippen LogP contribution in [0.3, 0.4) is 0 Å². The molecule has 3 rings (SSSR count). The second-order valence-electron chi connectivity index (χ2n) is 7.46. The number of benzene rings is 3. The molecule has 0 aliphatic carbocycles. The molecule has 3 aromatic rings. The lowest BCUT2D eigenvalue weighted by Gasteiger charge is -2.14. The molecular formula is C26H29N3O3. The minimum Gasteiger partial charge on any atom is -0.494 e. The van der Waals surface area contributed by atoms with Crippen molar-refractivity contribution in [2.75, 3.05) is 23.8 Å². The van der Waals surface area contributed by atoms with Crippen LogP contribution in [0.4, 0.5) is 11.4 Å². The number of amides is 2. The summed E-state index contributed by atoms with van der Waals surface area (Å²) in [5, 5.41) is 8.91. The molecule has 0 fully saturated rings. The van der Waals surface area contributed by atoms with Crippen LogP contribution < -0.4 is 20.7 Å². The van der Waals surface area contributed by atoms with E-state index in [1.807, 2.05) is 62.4 Å². The van der Waals surface area contributed by atoms with Gasteiger partial charge < -0.3 is 20.7 Å². The van der Waals surface area contributed by atoms with Gasteiger partial charge in [0.1, 0.15) is 5.75 Å². The average molecular weight is 432 g/mol. The summed E-state index contributed by atoms with van der Waals surface area (Å²) in [5.41, 5.74) is 3.05. The van der Waals surface area contributed by atoms with Gasteiger partial charge >= 0.3 is 0 Å². The predicted octanol–water partition coefficient (Wildman–Crippen LogP) is 5.02. The molecule has 0 aromatic heterocycles. The Balaban J connectivity index is 1.48. The van der Waals surface area contributed by atoms with E-state index in [0.717, 1.165) is 23.4 Å². The number of ether oxygens (including phenoxy) is 1. The number of rotatable bonds is 10. The molecule has 3 N–H and O–H groups in total. The van der Waals surface area contributed by atoms with Gasteiger partial charge in [0.15, 0.2) is 0 Å². The molecule has 6 heteroatoms. The van der Waals surface area contributed by atoms with Gasteiger partial charge in [0.2, 0.25) is 5.91 Å². The Morgan fingerprint density at radius 1 is 0.906 bits per heavy atom. The quantitative estimate of drug-likeness (QED) is 0.421. The van der Waals surface area contributed by atoms with Crippen LogP contribution in [0.15, 0.2) is 78.9 Å². The van der Waals surface area contributed by atoms with Crippen molar-refractivity contribution in [2.24, 2.45) is 0 Å². The van der Waals surface area contributed by atoms with Gasteiger partial charge in [-0.1, -0.05) is 43.3 Å². The van der Waals surface area contributed by atoms with Crippen LogP contribution in [-0.4, -0.2) is 25.0 Å². The third-order valence-corrected chi connectivity index (χ3v) is 4.84. The zero-order valence-corrected chi connectivity index (χ0v) is 18.4. The van der Waals surface area contributed by atoms with Gasteiger partial charge in [-0.2, -0.15) is 0 Å². The molecule has 32 heavy (non-hydrogen) atoms. The number of carbonyl (C=O) groups is 2. The summed E-state index contributed by atoms with van der Waals surface area (Å²) in [7, 11) is 0. The molecule has 1 atom stereocenters. The van der Waals surface area contributed by atoms with E-state index < -0.39 is 0 Å². The van der Waals surface area contributed by atoms with Crippen LogP contribution in [0.5, 0.6) is 5.75 Å². The first-order valence-corrected chi connectivity index (χ1v) is 10.8. The van der Waals surface area contributed by atoms with Crippen LogP contribution in [0.25, 0.3) is 0 Å². The SMILES string of the molecule is CCCOc1cccc(NC(=O)CNc2ccc(C(=O)NC(C)c3ccccc3)cc2)c1. The molecule has 0 aliphatic heterocycles. The summed E-state index contributed by atoms with van der Waals surface area (Å²) >= 11 is 0. The maximum Gasteiger partial charge on any atom is 0.251 e. The van der Waals surface area contributed by atoms with Crippen LogP contribution in [0.2, 0.25) is 0 Å². The van der Waals surface area contributed by atoms with Gasteiger partial charge in [0.25, 0.3) is 5.91 Å². The number of hydrogen-bond donors (Lipinski definition) is 3. The van der Waals surface area contributed by atoms with E-state index in [2.05, 4.69) is 16.0 Å². The topological polar surface area (TPSA) is 79.5 Å². The number of nitrogens with one attached hydrogen (secondary N) is 3. The molecule has 0 saturated carbocycles. The second-order valence-corrected chi connectivity index (χ2v) is 7.46. The summed E-state index contributed by atoms with van der Waals surface area (Å²) in [4.78, 5) is 24.8. The molecule has 0 aliphatic rings. The fourth-order valence-corrected chi connectivity index (χ4v) is 3.12. The average Bonchev–Trinajstić information content (AvgIpc) is 2.82. The van der Waals surface area contributed by atoms with E-state index in [4.69, 9.17) is 4.74 Å². The summed E-state index contributed by atoms with van der Waals surface area (Å²) < 4.78 is 5.59. The molecule has 0 saturated heterocycles. The molecule has 1 unspecified atom stereocenters. The summed E-state index contributed by atoms with van der Waals surface area (Å²) in [5.74, 6) is 0.417. The fourth-order valence-electron chi connectivity index (χ4n) is 3.12. The monoisotopic (exact) mass is 431 g/mol. The normalized spacial score (nSPS) is 11.3. The highest BCUT2D eigenvalue weighted by molar-refractivity contribution is 5.95. The number of carbonyl (C=O) groups excluding carboxylic acids is 2. The number of anilines is 2. The van der Waals surface area contributed by atoms with Gasteiger partial charge in [0.05, 0.1) is 19.2 Å². The molecule has 0 radical (unpaired) electrons. The lowest BCUT2D eigenvalue weighted by atomic mass is 10.1. The zero-order chi connectivity index (χ0) is 22.8. The van der Waals surface area contributed by atoms with Crippen molar-refractivity contribution in [1.82, 2.24) is 5.32 Å². The Morgan fingerprint density at radius 3 is 2.38 bits per heavy atom. The van der Waals surface area contributed by atoms with Gasteiger partial charge in [-0.15, -0.1) is 0 Å². The molecule has 3 aromatic carbocycles. The van der Waals surface area contributed by atoms with E-state index >= 15 is 0 Å². The van der Waals surface area contributed by atoms with Crippen molar-refractivity contribution in [3.05, 3.63) is 90.0 Å². The molecule has 6 nitrogen and oxygen atoms in total. The van der Waals surface area contributed by atoms with E-state index in [1.165, 1.54) is 0 Å². The Bertz CT molecular complexity index is 1020. The third-order valence-electron chi connectivity index (χ3n) is 4.84. The van der Waals surface area contributed by atoms with Crippen molar-refractivity contribution < 1.29 is 14.3 Å². The minimum absolute atomic E-state index is 0.0870. The summed E-state index contributed by atoms with van der Waals surface area (Å²) in [6.07, 6.45) is 0.924. The highest BCUT2D eigenvalue weighted by Crippen LogP contribution is 2.18. The van der Waals surface area contributed by atoms with Gasteiger partial charge in [0, 0.05) is 23.0 Å². The smallest absolute Gasteiger partial charge is 0.251 e. The maximum atomic E-state index is 12.5. The maximum absolute atomic E-state index is 12.5. The van der Waals surface area contributed by atoms with E-state index in [0.29, 0.717) is 17.9 Å². The van der Waals surface area contributed by atoms with Crippen molar-refractivity contribution in [2.45, 2.75) is 26.3 Å². The Morgan fingerprint density at radius 2 is 1.66 bits per heavy atom. The van der Waals surface area contributed by atoms with Crippen LogP contribution >= 0.6 is 0 Å². The Hall–Kier alpha value is -3.80. The fraction of sp³-hybridized carbons (Fsp3) is 0.231. The molecule has 166 valence electrons. The van der Waals surface area contributed by atoms with Crippen molar-refractivity contribution in [3.63, 3.8) is 0 Å². The highest BCUT2D eigenvalue weighted by atomic mass is 16.5. The van der Waals surface area contributed by atoms with Crippen molar-refractivity contribution in [3.8, 4) is 5.75 Å². The molecule has 0 bridgehead atoms. The first kappa shape index (κ1) is 22.9. The molecular weight excluding hydrogens is 402 g/mol. The zero-order valence-electron chi connectivity index (χ0n) is 18.4. The van der Waals surface area contributed by atoms with Crippen molar-refractivity contribution >= 4 is 23.2 Å². The Labute approximate surface area is 189 Å². The lowest BCUT2D eigenvalue weighted by Crippen LogP contribution is -2.26. The van der Waals surface area contributed by atoms with Crippen LogP contribution in [0.1, 0.15) is 42.2 Å². The van der Waals surface area contributed by atoms with Crippen molar-refractivity contribution in [1.29, 1.82) is 0 Å². The first-order valence-electron chi connectivity index (χ1n) is 10.8. The third kappa shape index (κ3) is 6.87. The van der Waals surface area contributed by atoms with E-state index in [9.17, 15) is 9.59 Å². The molecule has 0 heterocycles. The summed E-state index contributed by atoms with van der Waals surface area (Å²) in [6, 6.07) is 24.1. The van der Waals surface area contributed by atoms with Gasteiger partial charge in [-0.25, -0.2) is 0 Å². The van der Waals surface area contributed by atoms with Gasteiger partial charge in [-0.3, -0.25) is 9.59 Å². The van der Waals surface area contributed by atoms with E-state index in [-0.39, 0.29) is 24.4 Å². The van der Waals surface area contributed by atoms with E-state index in [1.54, 1.807) is 30.3 Å². The summed E-state index contributed by atoms with van der Waals surface area (Å²) in [6.45, 7) is 4.74. The minimum atomic E-state index is -0.170. The molecule has 0 spiro atoms. The second kappa shape index (κ2) is 11.6. The van der Waals surface area contributed by atoms with Crippen LogP contribution in [-0.2, 0) is 4.79 Å². The van der Waals surface area contributed by atoms with Gasteiger partial charge in [-0.05, 0) is 55.3 Å². The van der Waals surface area contributed by atoms with Crippen LogP contribution in [0, 0.1) is 0 Å². The molecule has 2 amide bonds. The largest absolute Gasteiger partial charge is 0.494 e.